The first-order valence-corrected chi connectivity index (χ1v) is 11.4. The van der Waals surface area contributed by atoms with Gasteiger partial charge in [0.2, 0.25) is 0 Å². The molecule has 2 aliphatic rings. The van der Waals surface area contributed by atoms with Gasteiger partial charge in [0.05, 0.1) is 24.7 Å². The molecule has 0 radical (unpaired) electrons. The standard InChI is InChI=1S/C17H32O4Si/c1-8-19-15(18)10-12-9-13(11-14-17(12,5)20-14)21-22(6,7)16(2,3)4/h12-14H,8-11H2,1-7H3/t12?,13-,14+,17-/m1/s1. The highest BCUT2D eigenvalue weighted by molar-refractivity contribution is 6.74. The molecule has 0 spiro atoms. The second-order valence-corrected chi connectivity index (χ2v) is 13.2. The fraction of sp³-hybridized carbons (Fsp3) is 0.941. The summed E-state index contributed by atoms with van der Waals surface area (Å²) in [7, 11) is -1.78. The molecular weight excluding hydrogens is 296 g/mol. The van der Waals surface area contributed by atoms with Crippen molar-refractivity contribution in [1.82, 2.24) is 0 Å². The molecule has 1 unspecified atom stereocenters. The molecule has 0 aromatic rings. The van der Waals surface area contributed by atoms with Crippen LogP contribution in [0.1, 0.15) is 53.9 Å². The Hall–Kier alpha value is -0.393. The number of carbonyl (C=O) groups is 1. The number of rotatable bonds is 5. The minimum absolute atomic E-state index is 0.115. The van der Waals surface area contributed by atoms with Gasteiger partial charge in [-0.15, -0.1) is 0 Å². The average Bonchev–Trinajstić information content (AvgIpc) is 2.99. The highest BCUT2D eigenvalue weighted by Crippen LogP contribution is 2.53. The van der Waals surface area contributed by atoms with E-state index in [1.807, 2.05) is 6.92 Å². The van der Waals surface area contributed by atoms with E-state index in [0.29, 0.717) is 13.0 Å². The van der Waals surface area contributed by atoms with Crippen molar-refractivity contribution in [2.24, 2.45) is 5.92 Å². The first kappa shape index (κ1) is 18.0. The highest BCUT2D eigenvalue weighted by atomic mass is 28.4. The molecule has 4 atom stereocenters. The van der Waals surface area contributed by atoms with Crippen molar-refractivity contribution in [3.05, 3.63) is 0 Å². The maximum Gasteiger partial charge on any atom is 0.306 e. The Morgan fingerprint density at radius 3 is 2.50 bits per heavy atom. The van der Waals surface area contributed by atoms with Gasteiger partial charge in [-0.1, -0.05) is 20.8 Å². The summed E-state index contributed by atoms with van der Waals surface area (Å²) in [5.74, 6) is 0.0935. The number of hydrogen-bond acceptors (Lipinski definition) is 4. The van der Waals surface area contributed by atoms with E-state index in [1.165, 1.54) is 0 Å². The second kappa shape index (κ2) is 5.91. The lowest BCUT2D eigenvalue weighted by atomic mass is 9.77. The molecule has 0 aromatic heterocycles. The summed E-state index contributed by atoms with van der Waals surface area (Å²) in [5.41, 5.74) is -0.139. The van der Waals surface area contributed by atoms with Gasteiger partial charge in [-0.3, -0.25) is 4.79 Å². The van der Waals surface area contributed by atoms with Crippen molar-refractivity contribution >= 4 is 14.3 Å². The predicted octanol–water partition coefficient (Wildman–Crippen LogP) is 3.90. The molecule has 1 aliphatic carbocycles. The van der Waals surface area contributed by atoms with Gasteiger partial charge in [0.25, 0.3) is 0 Å². The molecule has 1 aliphatic heterocycles. The predicted molar refractivity (Wildman–Crippen MR) is 89.3 cm³/mol. The zero-order chi connectivity index (χ0) is 16.8. The van der Waals surface area contributed by atoms with Gasteiger partial charge in [0.1, 0.15) is 0 Å². The van der Waals surface area contributed by atoms with Crippen molar-refractivity contribution in [3.8, 4) is 0 Å². The molecule has 0 bridgehead atoms. The van der Waals surface area contributed by atoms with Gasteiger partial charge in [-0.25, -0.2) is 0 Å². The van der Waals surface area contributed by atoms with Crippen LogP contribution >= 0.6 is 0 Å². The van der Waals surface area contributed by atoms with Crippen molar-refractivity contribution in [3.63, 3.8) is 0 Å². The molecule has 0 aromatic carbocycles. The summed E-state index contributed by atoms with van der Waals surface area (Å²) in [6.07, 6.45) is 2.76. The zero-order valence-electron chi connectivity index (χ0n) is 15.2. The van der Waals surface area contributed by atoms with E-state index in [1.54, 1.807) is 0 Å². The molecule has 22 heavy (non-hydrogen) atoms. The normalized spacial score (nSPS) is 35.0. The smallest absolute Gasteiger partial charge is 0.306 e. The lowest BCUT2D eigenvalue weighted by Crippen LogP contribution is -2.47. The largest absolute Gasteiger partial charge is 0.466 e. The Morgan fingerprint density at radius 1 is 1.32 bits per heavy atom. The lowest BCUT2D eigenvalue weighted by Gasteiger charge is -2.41. The summed E-state index contributed by atoms with van der Waals surface area (Å²) >= 11 is 0. The van der Waals surface area contributed by atoms with Crippen molar-refractivity contribution in [1.29, 1.82) is 0 Å². The van der Waals surface area contributed by atoms with E-state index in [4.69, 9.17) is 13.9 Å². The number of hydrogen-bond donors (Lipinski definition) is 0. The monoisotopic (exact) mass is 328 g/mol. The third-order valence-corrected chi connectivity index (χ3v) is 10.3. The molecule has 5 heteroatoms. The van der Waals surface area contributed by atoms with E-state index < -0.39 is 8.32 Å². The number of esters is 1. The van der Waals surface area contributed by atoms with Crippen LogP contribution in [0.25, 0.3) is 0 Å². The van der Waals surface area contributed by atoms with E-state index in [9.17, 15) is 4.79 Å². The Morgan fingerprint density at radius 2 is 1.95 bits per heavy atom. The van der Waals surface area contributed by atoms with Crippen LogP contribution in [-0.2, 0) is 18.7 Å². The van der Waals surface area contributed by atoms with Gasteiger partial charge >= 0.3 is 5.97 Å². The van der Waals surface area contributed by atoms with Crippen LogP contribution in [0.4, 0.5) is 0 Å². The Kier molecular flexibility index (Phi) is 4.82. The quantitative estimate of drug-likeness (QED) is 0.436. The number of epoxide rings is 1. The van der Waals surface area contributed by atoms with Crippen LogP contribution in [0.5, 0.6) is 0 Å². The third kappa shape index (κ3) is 3.57. The topological polar surface area (TPSA) is 48.1 Å². The van der Waals surface area contributed by atoms with Crippen molar-refractivity contribution in [2.75, 3.05) is 6.61 Å². The fourth-order valence-electron chi connectivity index (χ4n) is 3.20. The van der Waals surface area contributed by atoms with Gasteiger partial charge in [0.15, 0.2) is 8.32 Å². The summed E-state index contributed by atoms with van der Waals surface area (Å²) in [6, 6.07) is 0. The average molecular weight is 329 g/mol. The summed E-state index contributed by atoms with van der Waals surface area (Å²) in [4.78, 5) is 11.9. The molecule has 1 saturated heterocycles. The Balaban J connectivity index is 2.00. The van der Waals surface area contributed by atoms with Gasteiger partial charge in [0, 0.05) is 18.4 Å². The summed E-state index contributed by atoms with van der Waals surface area (Å²) in [5, 5.41) is 0.203. The zero-order valence-corrected chi connectivity index (χ0v) is 16.2. The van der Waals surface area contributed by atoms with Crippen LogP contribution in [0.15, 0.2) is 0 Å². The fourth-order valence-corrected chi connectivity index (χ4v) is 4.58. The van der Waals surface area contributed by atoms with Crippen LogP contribution in [0, 0.1) is 5.92 Å². The van der Waals surface area contributed by atoms with E-state index in [2.05, 4.69) is 40.8 Å². The first-order chi connectivity index (χ1) is 9.99. The van der Waals surface area contributed by atoms with Crippen LogP contribution in [0.3, 0.4) is 0 Å². The number of carbonyl (C=O) groups excluding carboxylic acids is 1. The van der Waals surface area contributed by atoms with E-state index in [0.717, 1.165) is 12.8 Å². The molecule has 4 nitrogen and oxygen atoms in total. The number of fused-ring (bicyclic) bond motifs is 1. The molecular formula is C17H32O4Si. The molecule has 0 amide bonds. The third-order valence-electron chi connectivity index (χ3n) is 5.80. The highest BCUT2D eigenvalue weighted by Gasteiger charge is 2.62. The summed E-state index contributed by atoms with van der Waals surface area (Å²) < 4.78 is 17.6. The van der Waals surface area contributed by atoms with Crippen molar-refractivity contribution in [2.45, 2.75) is 89.8 Å². The van der Waals surface area contributed by atoms with Crippen LogP contribution < -0.4 is 0 Å². The van der Waals surface area contributed by atoms with Gasteiger partial charge in [-0.2, -0.15) is 0 Å². The Bertz CT molecular complexity index is 429. The molecule has 1 saturated carbocycles. The van der Waals surface area contributed by atoms with E-state index >= 15 is 0 Å². The minimum atomic E-state index is -1.78. The molecule has 2 fully saturated rings. The first-order valence-electron chi connectivity index (χ1n) is 8.51. The van der Waals surface area contributed by atoms with Gasteiger partial charge in [-0.05, 0) is 38.4 Å². The second-order valence-electron chi connectivity index (χ2n) is 8.47. The van der Waals surface area contributed by atoms with Gasteiger partial charge < -0.3 is 13.9 Å². The molecule has 128 valence electrons. The number of ether oxygens (including phenoxy) is 2. The Labute approximate surface area is 136 Å². The maximum atomic E-state index is 11.9. The van der Waals surface area contributed by atoms with Crippen LogP contribution in [-0.4, -0.2) is 38.7 Å². The SMILES string of the molecule is CCOC(=O)CC1C[C@@H](O[Si](C)(C)C(C)(C)C)C[C@@H]2O[C@]12C. The maximum absolute atomic E-state index is 11.9. The lowest BCUT2D eigenvalue weighted by molar-refractivity contribution is -0.145. The van der Waals surface area contributed by atoms with Crippen LogP contribution in [0.2, 0.25) is 18.1 Å². The molecule has 1 heterocycles. The van der Waals surface area contributed by atoms with E-state index in [-0.39, 0.29) is 34.7 Å². The van der Waals surface area contributed by atoms with Crippen molar-refractivity contribution < 1.29 is 18.7 Å². The summed E-state index contributed by atoms with van der Waals surface area (Å²) in [6.45, 7) is 15.8. The minimum Gasteiger partial charge on any atom is -0.466 e. The molecule has 2 rings (SSSR count). The molecule has 0 N–H and O–H groups in total.